The Balaban J connectivity index is 2.00. The monoisotopic (exact) mass is 308 g/mol. The topological polar surface area (TPSA) is 75.1 Å². The van der Waals surface area contributed by atoms with Gasteiger partial charge in [0, 0.05) is 17.7 Å². The molecule has 3 rings (SSSR count). The van der Waals surface area contributed by atoms with E-state index in [1.54, 1.807) is 19.1 Å². The SMILES string of the molecule is Cc1[nH]n(C(=O)c2ccccc2O)c(=O)c1Cc1ccccc1. The quantitative estimate of drug-likeness (QED) is 0.780. The number of hydrogen-bond donors (Lipinski definition) is 2. The molecule has 0 unspecified atom stereocenters. The van der Waals surface area contributed by atoms with Crippen LogP contribution in [0.5, 0.6) is 5.75 Å². The van der Waals surface area contributed by atoms with Crippen molar-refractivity contribution in [3.63, 3.8) is 0 Å². The highest BCUT2D eigenvalue weighted by atomic mass is 16.3. The number of H-pyrrole nitrogens is 1. The average Bonchev–Trinajstić information content (AvgIpc) is 2.84. The molecule has 0 amide bonds. The maximum absolute atomic E-state index is 12.5. The highest BCUT2D eigenvalue weighted by Crippen LogP contribution is 2.17. The normalized spacial score (nSPS) is 10.7. The number of phenols is 1. The van der Waals surface area contributed by atoms with Crippen molar-refractivity contribution in [3.8, 4) is 5.75 Å². The number of aromatic nitrogens is 2. The fourth-order valence-corrected chi connectivity index (χ4v) is 2.51. The van der Waals surface area contributed by atoms with Gasteiger partial charge >= 0.3 is 0 Å². The Bertz CT molecular complexity index is 908. The Morgan fingerprint density at radius 2 is 1.74 bits per heavy atom. The van der Waals surface area contributed by atoms with E-state index < -0.39 is 5.91 Å². The molecule has 0 radical (unpaired) electrons. The molecule has 0 spiro atoms. The van der Waals surface area contributed by atoms with Crippen LogP contribution >= 0.6 is 0 Å². The van der Waals surface area contributed by atoms with Crippen LogP contribution in [0.2, 0.25) is 0 Å². The molecule has 23 heavy (non-hydrogen) atoms. The summed E-state index contributed by atoms with van der Waals surface area (Å²) in [4.78, 5) is 25.0. The highest BCUT2D eigenvalue weighted by Gasteiger charge is 2.19. The largest absolute Gasteiger partial charge is 0.507 e. The number of para-hydroxylation sites is 1. The first-order valence-corrected chi connectivity index (χ1v) is 7.25. The number of rotatable bonds is 3. The van der Waals surface area contributed by atoms with Gasteiger partial charge in [0.05, 0.1) is 5.56 Å². The van der Waals surface area contributed by atoms with Crippen molar-refractivity contribution in [2.24, 2.45) is 0 Å². The lowest BCUT2D eigenvalue weighted by Gasteiger charge is -2.02. The van der Waals surface area contributed by atoms with E-state index in [1.165, 1.54) is 12.1 Å². The molecule has 3 aromatic rings. The van der Waals surface area contributed by atoms with Crippen LogP contribution in [0.1, 0.15) is 27.2 Å². The molecule has 0 saturated carbocycles. The average molecular weight is 308 g/mol. The van der Waals surface area contributed by atoms with Crippen molar-refractivity contribution >= 4 is 5.91 Å². The van der Waals surface area contributed by atoms with Gasteiger partial charge in [0.2, 0.25) is 0 Å². The number of benzene rings is 2. The second-order valence-electron chi connectivity index (χ2n) is 5.34. The summed E-state index contributed by atoms with van der Waals surface area (Å²) in [6.07, 6.45) is 0.447. The maximum atomic E-state index is 12.5. The zero-order chi connectivity index (χ0) is 16.4. The fourth-order valence-electron chi connectivity index (χ4n) is 2.51. The van der Waals surface area contributed by atoms with Crippen molar-refractivity contribution in [1.29, 1.82) is 0 Å². The first-order valence-electron chi connectivity index (χ1n) is 7.25. The molecule has 0 aliphatic rings. The number of aromatic hydroxyl groups is 1. The van der Waals surface area contributed by atoms with Gasteiger partial charge in [-0.3, -0.25) is 14.7 Å². The minimum atomic E-state index is -0.574. The standard InChI is InChI=1S/C18H16N2O3/c1-12-15(11-13-7-3-2-4-8-13)18(23)20(19-12)17(22)14-9-5-6-10-16(14)21/h2-10,19,21H,11H2,1H3. The van der Waals surface area contributed by atoms with Crippen LogP contribution in [0.25, 0.3) is 0 Å². The molecule has 0 aliphatic carbocycles. The van der Waals surface area contributed by atoms with Crippen molar-refractivity contribution in [1.82, 2.24) is 9.78 Å². The van der Waals surface area contributed by atoms with E-state index in [9.17, 15) is 14.7 Å². The predicted molar refractivity (Wildman–Crippen MR) is 86.9 cm³/mol. The molecule has 116 valence electrons. The van der Waals surface area contributed by atoms with Crippen LogP contribution in [-0.2, 0) is 6.42 Å². The van der Waals surface area contributed by atoms with Crippen LogP contribution in [0.4, 0.5) is 0 Å². The van der Waals surface area contributed by atoms with E-state index in [2.05, 4.69) is 5.10 Å². The van der Waals surface area contributed by atoms with E-state index in [0.717, 1.165) is 10.2 Å². The Labute approximate surface area is 132 Å². The molecule has 0 saturated heterocycles. The zero-order valence-electron chi connectivity index (χ0n) is 12.6. The third-order valence-corrected chi connectivity index (χ3v) is 3.75. The third-order valence-electron chi connectivity index (χ3n) is 3.75. The fraction of sp³-hybridized carbons (Fsp3) is 0.111. The molecule has 0 fully saturated rings. The molecule has 0 aliphatic heterocycles. The molecular weight excluding hydrogens is 292 g/mol. The van der Waals surface area contributed by atoms with Gasteiger partial charge in [-0.05, 0) is 24.6 Å². The molecule has 2 N–H and O–H groups in total. The van der Waals surface area contributed by atoms with E-state index in [0.29, 0.717) is 17.7 Å². The predicted octanol–water partition coefficient (Wildman–Crippen LogP) is 2.47. The number of nitrogens with zero attached hydrogens (tertiary/aromatic N) is 1. The van der Waals surface area contributed by atoms with E-state index in [-0.39, 0.29) is 16.9 Å². The summed E-state index contributed by atoms with van der Waals surface area (Å²) in [5.74, 6) is -0.725. The summed E-state index contributed by atoms with van der Waals surface area (Å²) >= 11 is 0. The summed E-state index contributed by atoms with van der Waals surface area (Å²) in [7, 11) is 0. The van der Waals surface area contributed by atoms with Crippen molar-refractivity contribution < 1.29 is 9.90 Å². The Morgan fingerprint density at radius 3 is 2.43 bits per heavy atom. The Kier molecular flexibility index (Phi) is 3.85. The number of carbonyl (C=O) groups is 1. The van der Waals surface area contributed by atoms with Crippen LogP contribution in [-0.4, -0.2) is 20.8 Å². The molecule has 2 aromatic carbocycles. The van der Waals surface area contributed by atoms with E-state index in [1.807, 2.05) is 30.3 Å². The second-order valence-corrected chi connectivity index (χ2v) is 5.34. The molecule has 1 heterocycles. The van der Waals surface area contributed by atoms with Gasteiger partial charge in [-0.25, -0.2) is 0 Å². The van der Waals surface area contributed by atoms with E-state index >= 15 is 0 Å². The molecule has 0 bridgehead atoms. The van der Waals surface area contributed by atoms with E-state index in [4.69, 9.17) is 0 Å². The number of nitrogens with one attached hydrogen (secondary N) is 1. The smallest absolute Gasteiger partial charge is 0.283 e. The van der Waals surface area contributed by atoms with Gasteiger partial charge in [-0.2, -0.15) is 4.68 Å². The van der Waals surface area contributed by atoms with Gasteiger partial charge in [0.15, 0.2) is 0 Å². The molecule has 1 aromatic heterocycles. The van der Waals surface area contributed by atoms with Gasteiger partial charge in [0.25, 0.3) is 11.5 Å². The number of hydrogen-bond acceptors (Lipinski definition) is 3. The summed E-state index contributed by atoms with van der Waals surface area (Å²) in [5.41, 5.74) is 1.87. The van der Waals surface area contributed by atoms with Crippen LogP contribution in [0.3, 0.4) is 0 Å². The summed E-state index contributed by atoms with van der Waals surface area (Å²) < 4.78 is 0.947. The summed E-state index contributed by atoms with van der Waals surface area (Å²) in [6.45, 7) is 1.76. The van der Waals surface area contributed by atoms with Crippen LogP contribution in [0.15, 0.2) is 59.4 Å². The minimum Gasteiger partial charge on any atom is -0.507 e. The van der Waals surface area contributed by atoms with Crippen molar-refractivity contribution in [2.45, 2.75) is 13.3 Å². The molecular formula is C18H16N2O3. The lowest BCUT2D eigenvalue weighted by Crippen LogP contribution is -2.26. The van der Waals surface area contributed by atoms with Crippen LogP contribution < -0.4 is 5.56 Å². The molecule has 0 atom stereocenters. The summed E-state index contributed by atoms with van der Waals surface area (Å²) in [5, 5.41) is 12.6. The number of phenolic OH excluding ortho intramolecular Hbond substituents is 1. The van der Waals surface area contributed by atoms with Crippen LogP contribution in [0, 0.1) is 6.92 Å². The van der Waals surface area contributed by atoms with Crippen molar-refractivity contribution in [3.05, 3.63) is 87.3 Å². The van der Waals surface area contributed by atoms with Gasteiger partial charge in [-0.15, -0.1) is 0 Å². The summed E-state index contributed by atoms with van der Waals surface area (Å²) in [6, 6.07) is 15.7. The lowest BCUT2D eigenvalue weighted by atomic mass is 10.1. The van der Waals surface area contributed by atoms with Crippen molar-refractivity contribution in [2.75, 3.05) is 0 Å². The maximum Gasteiger partial charge on any atom is 0.283 e. The highest BCUT2D eigenvalue weighted by molar-refractivity contribution is 5.97. The lowest BCUT2D eigenvalue weighted by molar-refractivity contribution is 0.0938. The second kappa shape index (κ2) is 5.96. The third kappa shape index (κ3) is 2.81. The first-order chi connectivity index (χ1) is 11.1. The van der Waals surface area contributed by atoms with Gasteiger partial charge in [0.1, 0.15) is 5.75 Å². The number of carbonyl (C=O) groups excluding carboxylic acids is 1. The zero-order valence-corrected chi connectivity index (χ0v) is 12.6. The number of aromatic amines is 1. The number of aryl methyl sites for hydroxylation is 1. The Morgan fingerprint density at radius 1 is 1.09 bits per heavy atom. The molecule has 5 heteroatoms. The van der Waals surface area contributed by atoms with Gasteiger partial charge < -0.3 is 5.11 Å². The first kappa shape index (κ1) is 14.8. The Hall–Kier alpha value is -3.08. The molecule has 5 nitrogen and oxygen atoms in total. The van der Waals surface area contributed by atoms with Gasteiger partial charge in [-0.1, -0.05) is 42.5 Å². The minimum absolute atomic E-state index is 0.0853.